The standard InChI is InChI=1S/C22H23ClN2O3/c1-15-11-17(7-8-18(15)23)22(27)24-13-19-20(14-24)28-10-9-21(26)25(19)12-16-5-3-2-4-6-16/h2-8,11,19-20H,9-10,12-14H2,1H3/t19-,20-/m0/s1. The number of amides is 2. The Balaban J connectivity index is 1.55. The SMILES string of the molecule is Cc1cc(C(=O)N2C[C@@H]3OCCC(=O)N(Cc4ccccc4)[C@H]3C2)ccc1Cl. The van der Waals surface area contributed by atoms with E-state index in [1.54, 1.807) is 17.0 Å². The van der Waals surface area contributed by atoms with E-state index in [4.69, 9.17) is 16.3 Å². The average Bonchev–Trinajstić information content (AvgIpc) is 3.06. The number of ether oxygens (including phenoxy) is 1. The Bertz CT molecular complexity index is 887. The summed E-state index contributed by atoms with van der Waals surface area (Å²) in [6, 6.07) is 15.1. The second kappa shape index (κ2) is 7.94. The summed E-state index contributed by atoms with van der Waals surface area (Å²) in [4.78, 5) is 29.4. The van der Waals surface area contributed by atoms with Crippen molar-refractivity contribution in [3.63, 3.8) is 0 Å². The number of aryl methyl sites for hydroxylation is 1. The highest BCUT2D eigenvalue weighted by atomic mass is 35.5. The van der Waals surface area contributed by atoms with E-state index in [1.807, 2.05) is 48.2 Å². The minimum absolute atomic E-state index is 0.0523. The van der Waals surface area contributed by atoms with Crippen molar-refractivity contribution in [2.24, 2.45) is 0 Å². The summed E-state index contributed by atoms with van der Waals surface area (Å²) in [5.74, 6) is 0.0246. The van der Waals surface area contributed by atoms with Crippen LogP contribution in [-0.4, -0.2) is 53.5 Å². The molecule has 5 nitrogen and oxygen atoms in total. The Kier molecular flexibility index (Phi) is 5.38. The monoisotopic (exact) mass is 398 g/mol. The molecule has 2 atom stereocenters. The summed E-state index contributed by atoms with van der Waals surface area (Å²) in [6.45, 7) is 3.78. The first-order valence-electron chi connectivity index (χ1n) is 9.53. The van der Waals surface area contributed by atoms with Gasteiger partial charge >= 0.3 is 0 Å². The van der Waals surface area contributed by atoms with Crippen LogP contribution in [0.15, 0.2) is 48.5 Å². The lowest BCUT2D eigenvalue weighted by Crippen LogP contribution is -2.45. The highest BCUT2D eigenvalue weighted by Gasteiger charge is 2.43. The first kappa shape index (κ1) is 19.0. The predicted octanol–water partition coefficient (Wildman–Crippen LogP) is 3.29. The third-order valence-corrected chi connectivity index (χ3v) is 5.92. The normalized spacial score (nSPS) is 22.1. The van der Waals surface area contributed by atoms with E-state index in [9.17, 15) is 9.59 Å². The van der Waals surface area contributed by atoms with Gasteiger partial charge in [0.25, 0.3) is 5.91 Å². The van der Waals surface area contributed by atoms with Crippen LogP contribution in [0.3, 0.4) is 0 Å². The van der Waals surface area contributed by atoms with Gasteiger partial charge in [-0.2, -0.15) is 0 Å². The lowest BCUT2D eigenvalue weighted by atomic mass is 10.1. The van der Waals surface area contributed by atoms with Crippen molar-refractivity contribution >= 4 is 23.4 Å². The van der Waals surface area contributed by atoms with Crippen molar-refractivity contribution < 1.29 is 14.3 Å². The summed E-state index contributed by atoms with van der Waals surface area (Å²) in [5.41, 5.74) is 2.56. The van der Waals surface area contributed by atoms with Crippen molar-refractivity contribution in [1.82, 2.24) is 9.80 Å². The summed E-state index contributed by atoms with van der Waals surface area (Å²) >= 11 is 6.09. The van der Waals surface area contributed by atoms with Crippen LogP contribution in [0, 0.1) is 6.92 Å². The van der Waals surface area contributed by atoms with Crippen molar-refractivity contribution in [2.45, 2.75) is 32.0 Å². The van der Waals surface area contributed by atoms with Crippen LogP contribution >= 0.6 is 11.6 Å². The fourth-order valence-corrected chi connectivity index (χ4v) is 4.08. The largest absolute Gasteiger partial charge is 0.374 e. The van der Waals surface area contributed by atoms with Gasteiger partial charge in [-0.1, -0.05) is 41.9 Å². The van der Waals surface area contributed by atoms with Gasteiger partial charge in [0, 0.05) is 30.2 Å². The third-order valence-electron chi connectivity index (χ3n) is 5.49. The number of hydrogen-bond acceptors (Lipinski definition) is 3. The fourth-order valence-electron chi connectivity index (χ4n) is 3.96. The average molecular weight is 399 g/mol. The van der Waals surface area contributed by atoms with Crippen LogP contribution in [0.5, 0.6) is 0 Å². The number of carbonyl (C=O) groups is 2. The Labute approximate surface area is 169 Å². The van der Waals surface area contributed by atoms with Gasteiger partial charge in [-0.25, -0.2) is 0 Å². The van der Waals surface area contributed by atoms with Gasteiger partial charge in [-0.05, 0) is 36.2 Å². The van der Waals surface area contributed by atoms with E-state index in [0.29, 0.717) is 43.2 Å². The van der Waals surface area contributed by atoms with Crippen molar-refractivity contribution in [2.75, 3.05) is 19.7 Å². The van der Waals surface area contributed by atoms with E-state index in [2.05, 4.69) is 0 Å². The van der Waals surface area contributed by atoms with Crippen molar-refractivity contribution in [3.8, 4) is 0 Å². The summed E-state index contributed by atoms with van der Waals surface area (Å²) in [7, 11) is 0. The molecule has 6 heteroatoms. The molecule has 2 fully saturated rings. The van der Waals surface area contributed by atoms with E-state index in [-0.39, 0.29) is 24.0 Å². The van der Waals surface area contributed by atoms with E-state index < -0.39 is 0 Å². The summed E-state index contributed by atoms with van der Waals surface area (Å²) in [6.07, 6.45) is 0.219. The van der Waals surface area contributed by atoms with Crippen LogP contribution in [0.2, 0.25) is 5.02 Å². The molecule has 2 aliphatic heterocycles. The molecule has 28 heavy (non-hydrogen) atoms. The molecule has 0 aromatic heterocycles. The molecule has 2 aromatic rings. The van der Waals surface area contributed by atoms with E-state index >= 15 is 0 Å². The second-order valence-corrected chi connectivity index (χ2v) is 7.82. The minimum Gasteiger partial charge on any atom is -0.374 e. The van der Waals surface area contributed by atoms with Gasteiger partial charge < -0.3 is 14.5 Å². The topological polar surface area (TPSA) is 49.9 Å². The second-order valence-electron chi connectivity index (χ2n) is 7.41. The van der Waals surface area contributed by atoms with E-state index in [1.165, 1.54) is 0 Å². The predicted molar refractivity (Wildman–Crippen MR) is 107 cm³/mol. The maximum absolute atomic E-state index is 13.0. The van der Waals surface area contributed by atoms with Crippen LogP contribution < -0.4 is 0 Å². The lowest BCUT2D eigenvalue weighted by Gasteiger charge is -2.29. The number of rotatable bonds is 3. The zero-order valence-corrected chi connectivity index (χ0v) is 16.6. The van der Waals surface area contributed by atoms with Gasteiger partial charge in [0.2, 0.25) is 5.91 Å². The number of benzene rings is 2. The molecule has 0 bridgehead atoms. The highest BCUT2D eigenvalue weighted by Crippen LogP contribution is 2.27. The molecule has 4 rings (SSSR count). The molecule has 0 unspecified atom stereocenters. The Morgan fingerprint density at radius 1 is 1.18 bits per heavy atom. The number of carbonyl (C=O) groups excluding carboxylic acids is 2. The maximum Gasteiger partial charge on any atom is 0.254 e. The number of hydrogen-bond donors (Lipinski definition) is 0. The molecule has 2 aliphatic rings. The molecule has 146 valence electrons. The zero-order chi connectivity index (χ0) is 19.7. The smallest absolute Gasteiger partial charge is 0.254 e. The molecule has 0 aliphatic carbocycles. The molecular weight excluding hydrogens is 376 g/mol. The Hall–Kier alpha value is -2.37. The third kappa shape index (κ3) is 3.77. The van der Waals surface area contributed by atoms with Crippen molar-refractivity contribution in [1.29, 1.82) is 0 Å². The van der Waals surface area contributed by atoms with Gasteiger partial charge in [0.05, 0.1) is 25.2 Å². The first-order chi connectivity index (χ1) is 13.5. The van der Waals surface area contributed by atoms with Gasteiger partial charge in [0.15, 0.2) is 0 Å². The molecular formula is C22H23ClN2O3. The molecule has 2 saturated heterocycles. The molecule has 0 spiro atoms. The number of nitrogens with zero attached hydrogens (tertiary/aromatic N) is 2. The van der Waals surface area contributed by atoms with Gasteiger partial charge in [-0.3, -0.25) is 9.59 Å². The number of likely N-dealkylation sites (tertiary alicyclic amines) is 1. The summed E-state index contributed by atoms with van der Waals surface area (Å²) in [5, 5.41) is 0.645. The molecule has 0 saturated carbocycles. The van der Waals surface area contributed by atoms with E-state index in [0.717, 1.165) is 11.1 Å². The Morgan fingerprint density at radius 3 is 2.71 bits per heavy atom. The lowest BCUT2D eigenvalue weighted by molar-refractivity contribution is -0.133. The maximum atomic E-state index is 13.0. The van der Waals surface area contributed by atoms with Crippen molar-refractivity contribution in [3.05, 3.63) is 70.2 Å². The van der Waals surface area contributed by atoms with Crippen LogP contribution in [-0.2, 0) is 16.1 Å². The van der Waals surface area contributed by atoms with Gasteiger partial charge in [-0.15, -0.1) is 0 Å². The fraction of sp³-hybridized carbons (Fsp3) is 0.364. The number of halogens is 1. The Morgan fingerprint density at radius 2 is 1.96 bits per heavy atom. The van der Waals surface area contributed by atoms with Gasteiger partial charge in [0.1, 0.15) is 0 Å². The summed E-state index contributed by atoms with van der Waals surface area (Å²) < 4.78 is 5.95. The molecule has 2 amide bonds. The molecule has 2 aromatic carbocycles. The first-order valence-corrected chi connectivity index (χ1v) is 9.91. The van der Waals surface area contributed by atoms with Crippen LogP contribution in [0.4, 0.5) is 0 Å². The molecule has 0 N–H and O–H groups in total. The number of fused-ring (bicyclic) bond motifs is 1. The minimum atomic E-state index is -0.160. The zero-order valence-electron chi connectivity index (χ0n) is 15.8. The highest BCUT2D eigenvalue weighted by molar-refractivity contribution is 6.31. The quantitative estimate of drug-likeness (QED) is 0.797. The molecule has 0 radical (unpaired) electrons. The molecule has 2 heterocycles. The van der Waals surface area contributed by atoms with Crippen LogP contribution in [0.1, 0.15) is 27.9 Å². The van der Waals surface area contributed by atoms with Crippen LogP contribution in [0.25, 0.3) is 0 Å².